The summed E-state index contributed by atoms with van der Waals surface area (Å²) in [7, 11) is 0. The number of hydrazine groups is 1. The van der Waals surface area contributed by atoms with Crippen molar-refractivity contribution in [3.8, 4) is 16.6 Å². The van der Waals surface area contributed by atoms with Crippen molar-refractivity contribution in [3.05, 3.63) is 30.3 Å². The molecule has 5 nitrogen and oxygen atoms in total. The molecule has 0 bridgehead atoms. The average molecular weight is 302 g/mol. The number of hydrogen-bond acceptors (Lipinski definition) is 6. The van der Waals surface area contributed by atoms with Crippen LogP contribution in [-0.2, 0) is 0 Å². The fourth-order valence-corrected chi connectivity index (χ4v) is 3.77. The highest BCUT2D eigenvalue weighted by atomic mass is 32.1. The molecule has 2 aromatic rings. The zero-order valence-corrected chi connectivity index (χ0v) is 12.5. The molecule has 0 amide bonds. The highest BCUT2D eigenvalue weighted by molar-refractivity contribution is 7.07. The van der Waals surface area contributed by atoms with Crippen LogP contribution in [0.25, 0.3) is 11.4 Å². The lowest BCUT2D eigenvalue weighted by atomic mass is 9.84. The van der Waals surface area contributed by atoms with Gasteiger partial charge in [-0.25, -0.2) is 0 Å². The molecule has 4 rings (SSSR count). The van der Waals surface area contributed by atoms with Crippen molar-refractivity contribution in [1.82, 2.24) is 20.2 Å². The zero-order chi connectivity index (χ0) is 14.1. The van der Waals surface area contributed by atoms with Crippen LogP contribution >= 0.6 is 11.5 Å². The van der Waals surface area contributed by atoms with Gasteiger partial charge in [0.2, 0.25) is 0 Å². The molecular formula is C15H18N4OS. The normalized spacial score (nSPS) is 28.3. The minimum Gasteiger partial charge on any atom is -0.466 e. The van der Waals surface area contributed by atoms with Gasteiger partial charge >= 0.3 is 0 Å². The topological polar surface area (TPSA) is 59.1 Å². The first-order valence-corrected chi connectivity index (χ1v) is 8.20. The van der Waals surface area contributed by atoms with Crippen LogP contribution < -0.4 is 15.6 Å². The van der Waals surface area contributed by atoms with Gasteiger partial charge in [0, 0.05) is 36.1 Å². The van der Waals surface area contributed by atoms with Crippen LogP contribution in [0.4, 0.5) is 0 Å². The lowest BCUT2D eigenvalue weighted by Crippen LogP contribution is -2.39. The third-order valence-corrected chi connectivity index (χ3v) is 4.91. The summed E-state index contributed by atoms with van der Waals surface area (Å²) in [5.74, 6) is 1.50. The number of aromatic nitrogens is 2. The molecule has 2 heterocycles. The highest BCUT2D eigenvalue weighted by Crippen LogP contribution is 2.31. The van der Waals surface area contributed by atoms with E-state index in [0.29, 0.717) is 11.2 Å². The van der Waals surface area contributed by atoms with Gasteiger partial charge in [-0.2, -0.15) is 9.36 Å². The number of rotatable bonds is 3. The number of benzene rings is 1. The largest absolute Gasteiger partial charge is 0.466 e. The Kier molecular flexibility index (Phi) is 3.58. The highest BCUT2D eigenvalue weighted by Gasteiger charge is 2.35. The molecule has 6 heteroatoms. The first kappa shape index (κ1) is 13.2. The van der Waals surface area contributed by atoms with E-state index < -0.39 is 0 Å². The molecule has 1 aliphatic heterocycles. The molecule has 1 aromatic carbocycles. The van der Waals surface area contributed by atoms with Crippen LogP contribution in [0.5, 0.6) is 5.19 Å². The smallest absolute Gasteiger partial charge is 0.293 e. The van der Waals surface area contributed by atoms with E-state index in [9.17, 15) is 0 Å². The van der Waals surface area contributed by atoms with Crippen molar-refractivity contribution in [2.75, 3.05) is 6.54 Å². The van der Waals surface area contributed by atoms with Gasteiger partial charge in [-0.15, -0.1) is 0 Å². The van der Waals surface area contributed by atoms with Gasteiger partial charge in [0.1, 0.15) is 6.10 Å². The maximum Gasteiger partial charge on any atom is 0.293 e. The Hall–Kier alpha value is -1.50. The van der Waals surface area contributed by atoms with Gasteiger partial charge in [0.25, 0.3) is 5.19 Å². The Bertz CT molecular complexity index is 603. The Labute approximate surface area is 127 Å². The van der Waals surface area contributed by atoms with Crippen molar-refractivity contribution in [1.29, 1.82) is 0 Å². The second-order valence-electron chi connectivity index (χ2n) is 5.69. The number of fused-ring (bicyclic) bond motifs is 1. The van der Waals surface area contributed by atoms with Gasteiger partial charge in [0.15, 0.2) is 5.82 Å². The van der Waals surface area contributed by atoms with Crippen LogP contribution in [0.1, 0.15) is 19.3 Å². The molecule has 110 valence electrons. The quantitative estimate of drug-likeness (QED) is 0.910. The van der Waals surface area contributed by atoms with Crippen LogP contribution in [0, 0.1) is 5.92 Å². The average Bonchev–Trinajstić information content (AvgIpc) is 3.17. The SMILES string of the molecule is c1ccc(-c2nsc(OC3CCC4CNNC4C3)n2)cc1. The third kappa shape index (κ3) is 2.79. The maximum atomic E-state index is 6.04. The molecule has 1 aliphatic carbocycles. The van der Waals surface area contributed by atoms with Crippen LogP contribution in [-0.4, -0.2) is 28.0 Å². The maximum absolute atomic E-state index is 6.04. The lowest BCUT2D eigenvalue weighted by Gasteiger charge is -2.30. The minimum atomic E-state index is 0.246. The number of hydrogen-bond donors (Lipinski definition) is 2. The Balaban J connectivity index is 1.42. The second kappa shape index (κ2) is 5.71. The van der Waals surface area contributed by atoms with E-state index in [1.807, 2.05) is 30.3 Å². The third-order valence-electron chi connectivity index (χ3n) is 4.30. The van der Waals surface area contributed by atoms with Crippen LogP contribution in [0.15, 0.2) is 30.3 Å². The van der Waals surface area contributed by atoms with Gasteiger partial charge in [-0.3, -0.25) is 10.9 Å². The summed E-state index contributed by atoms with van der Waals surface area (Å²) in [6.45, 7) is 1.08. The van der Waals surface area contributed by atoms with Gasteiger partial charge < -0.3 is 4.74 Å². The summed E-state index contributed by atoms with van der Waals surface area (Å²) in [4.78, 5) is 4.51. The molecule has 3 unspecified atom stereocenters. The fourth-order valence-electron chi connectivity index (χ4n) is 3.15. The molecule has 21 heavy (non-hydrogen) atoms. The summed E-state index contributed by atoms with van der Waals surface area (Å²) in [6, 6.07) is 10.6. The van der Waals surface area contributed by atoms with Crippen molar-refractivity contribution in [3.63, 3.8) is 0 Å². The molecule has 1 aromatic heterocycles. The van der Waals surface area contributed by atoms with Crippen molar-refractivity contribution in [2.24, 2.45) is 5.92 Å². The molecule has 2 aliphatic rings. The zero-order valence-electron chi connectivity index (χ0n) is 11.7. The molecule has 2 fully saturated rings. The van der Waals surface area contributed by atoms with E-state index in [1.54, 1.807) is 0 Å². The summed E-state index contributed by atoms with van der Waals surface area (Å²) in [5, 5.41) is 0.684. The minimum absolute atomic E-state index is 0.246. The number of ether oxygens (including phenoxy) is 1. The molecule has 1 saturated carbocycles. The van der Waals surface area contributed by atoms with Crippen LogP contribution in [0.2, 0.25) is 0 Å². The van der Waals surface area contributed by atoms with Crippen molar-refractivity contribution < 1.29 is 4.74 Å². The standard InChI is InChI=1S/C15H18N4OS/c1-2-4-10(5-3-1)14-17-15(21-19-14)20-12-7-6-11-9-16-18-13(11)8-12/h1-5,11-13,16,18H,6-9H2. The predicted molar refractivity (Wildman–Crippen MR) is 82.0 cm³/mol. The molecular weight excluding hydrogens is 284 g/mol. The Morgan fingerprint density at radius 3 is 3.00 bits per heavy atom. The fraction of sp³-hybridized carbons (Fsp3) is 0.467. The molecule has 0 radical (unpaired) electrons. The van der Waals surface area contributed by atoms with Gasteiger partial charge in [-0.05, 0) is 18.8 Å². The first-order valence-electron chi connectivity index (χ1n) is 7.42. The molecule has 0 spiro atoms. The predicted octanol–water partition coefficient (Wildman–Crippen LogP) is 2.23. The molecule has 2 N–H and O–H groups in total. The number of nitrogens with one attached hydrogen (secondary N) is 2. The molecule has 3 atom stereocenters. The van der Waals surface area contributed by atoms with Crippen LogP contribution in [0.3, 0.4) is 0 Å². The van der Waals surface area contributed by atoms with Gasteiger partial charge in [0.05, 0.1) is 0 Å². The van der Waals surface area contributed by atoms with E-state index in [0.717, 1.165) is 36.7 Å². The van der Waals surface area contributed by atoms with E-state index in [4.69, 9.17) is 4.74 Å². The van der Waals surface area contributed by atoms with Crippen molar-refractivity contribution >= 4 is 11.5 Å². The summed E-state index contributed by atoms with van der Waals surface area (Å²) in [5.41, 5.74) is 7.62. The van der Waals surface area contributed by atoms with E-state index >= 15 is 0 Å². The summed E-state index contributed by atoms with van der Waals surface area (Å²) < 4.78 is 10.4. The molecule has 1 saturated heterocycles. The Morgan fingerprint density at radius 1 is 1.19 bits per heavy atom. The Morgan fingerprint density at radius 2 is 2.10 bits per heavy atom. The monoisotopic (exact) mass is 302 g/mol. The number of nitrogens with zero attached hydrogens (tertiary/aromatic N) is 2. The van der Waals surface area contributed by atoms with E-state index in [1.165, 1.54) is 18.0 Å². The summed E-state index contributed by atoms with van der Waals surface area (Å²) in [6.07, 6.45) is 3.60. The van der Waals surface area contributed by atoms with Gasteiger partial charge in [-0.1, -0.05) is 30.3 Å². The van der Waals surface area contributed by atoms with Crippen molar-refractivity contribution in [2.45, 2.75) is 31.4 Å². The van der Waals surface area contributed by atoms with E-state index in [2.05, 4.69) is 20.2 Å². The first-order chi connectivity index (χ1) is 10.4. The van der Waals surface area contributed by atoms with E-state index in [-0.39, 0.29) is 6.10 Å². The lowest BCUT2D eigenvalue weighted by molar-refractivity contribution is 0.121. The summed E-state index contributed by atoms with van der Waals surface area (Å²) >= 11 is 1.34. The second-order valence-corrected chi connectivity index (χ2v) is 6.41.